The summed E-state index contributed by atoms with van der Waals surface area (Å²) in [7, 11) is -2.03. The highest BCUT2D eigenvalue weighted by Crippen LogP contribution is 2.30. The summed E-state index contributed by atoms with van der Waals surface area (Å²) in [5.41, 5.74) is 7.21. The first kappa shape index (κ1) is 15.1. The Bertz CT molecular complexity index is 589. The van der Waals surface area contributed by atoms with E-state index < -0.39 is 10.0 Å². The fraction of sp³-hybridized carbons (Fsp3) is 0.538. The molecule has 20 heavy (non-hydrogen) atoms. The maximum absolute atomic E-state index is 11.4. The lowest BCUT2D eigenvalue weighted by Gasteiger charge is -2.38. The lowest BCUT2D eigenvalue weighted by Crippen LogP contribution is -2.44. The Morgan fingerprint density at radius 2 is 2.10 bits per heavy atom. The number of sulfonamides is 1. The first-order chi connectivity index (χ1) is 9.32. The Kier molecular flexibility index (Phi) is 4.22. The van der Waals surface area contributed by atoms with E-state index in [2.05, 4.69) is 11.8 Å². The second-order valence-electron chi connectivity index (χ2n) is 5.25. The summed E-state index contributed by atoms with van der Waals surface area (Å²) in [5.74, 6) is 0.471. The maximum atomic E-state index is 11.4. The van der Waals surface area contributed by atoms with Crippen molar-refractivity contribution in [1.82, 2.24) is 0 Å². The fourth-order valence-electron chi connectivity index (χ4n) is 2.53. The van der Waals surface area contributed by atoms with Crippen LogP contribution in [-0.4, -0.2) is 34.7 Å². The molecule has 7 heteroatoms. The third-order valence-electron chi connectivity index (χ3n) is 3.86. The van der Waals surface area contributed by atoms with Crippen molar-refractivity contribution in [3.63, 3.8) is 0 Å². The number of rotatable bonds is 3. The van der Waals surface area contributed by atoms with Crippen LogP contribution in [0.3, 0.4) is 0 Å². The monoisotopic (exact) mass is 299 g/mol. The standard InChI is InChI=1S/C13H21N3O3S/c1-9-5-6-16(8-13(9)19-2)12-7-10(20(15,17)18)3-4-11(12)14/h3-4,7,9,13H,5-6,8,14H2,1-2H3,(H2,15,17,18). The topological polar surface area (TPSA) is 98.6 Å². The van der Waals surface area contributed by atoms with Crippen molar-refractivity contribution >= 4 is 21.4 Å². The highest BCUT2D eigenvalue weighted by atomic mass is 32.2. The summed E-state index contributed by atoms with van der Waals surface area (Å²) in [6, 6.07) is 4.54. The van der Waals surface area contributed by atoms with Gasteiger partial charge in [0.05, 0.1) is 22.4 Å². The molecule has 2 atom stereocenters. The Morgan fingerprint density at radius 3 is 2.70 bits per heavy atom. The molecule has 1 heterocycles. The van der Waals surface area contributed by atoms with Gasteiger partial charge in [0.15, 0.2) is 0 Å². The molecule has 1 aliphatic rings. The van der Waals surface area contributed by atoms with Crippen molar-refractivity contribution in [2.75, 3.05) is 30.8 Å². The molecule has 0 radical (unpaired) electrons. The van der Waals surface area contributed by atoms with E-state index in [0.717, 1.165) is 13.0 Å². The molecule has 0 bridgehead atoms. The fourth-order valence-corrected chi connectivity index (χ4v) is 3.07. The summed E-state index contributed by atoms with van der Waals surface area (Å²) in [4.78, 5) is 2.13. The van der Waals surface area contributed by atoms with Crippen molar-refractivity contribution in [1.29, 1.82) is 0 Å². The number of nitrogen functional groups attached to an aromatic ring is 1. The average Bonchev–Trinajstić information content (AvgIpc) is 2.39. The third kappa shape index (κ3) is 3.05. The van der Waals surface area contributed by atoms with Gasteiger partial charge in [0.2, 0.25) is 10.0 Å². The minimum Gasteiger partial charge on any atom is -0.397 e. The SMILES string of the molecule is COC1CN(c2cc(S(N)(=O)=O)ccc2N)CCC1C. The van der Waals surface area contributed by atoms with Crippen LogP contribution in [0.2, 0.25) is 0 Å². The molecule has 1 saturated heterocycles. The zero-order valence-corrected chi connectivity index (χ0v) is 12.6. The molecule has 0 saturated carbocycles. The minimum atomic E-state index is -3.72. The second kappa shape index (κ2) is 5.59. The van der Waals surface area contributed by atoms with E-state index in [9.17, 15) is 8.42 Å². The number of nitrogens with two attached hydrogens (primary N) is 2. The van der Waals surface area contributed by atoms with Crippen LogP contribution in [-0.2, 0) is 14.8 Å². The van der Waals surface area contributed by atoms with E-state index in [1.807, 2.05) is 0 Å². The van der Waals surface area contributed by atoms with Crippen LogP contribution in [0.1, 0.15) is 13.3 Å². The number of ether oxygens (including phenoxy) is 1. The van der Waals surface area contributed by atoms with Gasteiger partial charge in [-0.15, -0.1) is 0 Å². The van der Waals surface area contributed by atoms with E-state index in [-0.39, 0.29) is 11.0 Å². The lowest BCUT2D eigenvalue weighted by molar-refractivity contribution is 0.0498. The van der Waals surface area contributed by atoms with E-state index in [1.165, 1.54) is 12.1 Å². The molecule has 4 N–H and O–H groups in total. The molecular weight excluding hydrogens is 278 g/mol. The van der Waals surface area contributed by atoms with Gasteiger partial charge < -0.3 is 15.4 Å². The van der Waals surface area contributed by atoms with Gasteiger partial charge in [-0.25, -0.2) is 13.6 Å². The minimum absolute atomic E-state index is 0.0780. The Morgan fingerprint density at radius 1 is 1.40 bits per heavy atom. The number of primary sulfonamides is 1. The number of anilines is 2. The molecule has 0 spiro atoms. The van der Waals surface area contributed by atoms with Gasteiger partial charge >= 0.3 is 0 Å². The summed E-state index contributed by atoms with van der Waals surface area (Å²) in [5, 5.41) is 5.17. The molecule has 0 amide bonds. The number of benzene rings is 1. The molecular formula is C13H21N3O3S. The van der Waals surface area contributed by atoms with Crippen molar-refractivity contribution in [2.24, 2.45) is 11.1 Å². The molecule has 0 aliphatic carbocycles. The molecule has 1 aromatic rings. The summed E-state index contributed by atoms with van der Waals surface area (Å²) < 4.78 is 28.4. The van der Waals surface area contributed by atoms with E-state index in [0.29, 0.717) is 23.8 Å². The van der Waals surface area contributed by atoms with Crippen LogP contribution in [0, 0.1) is 5.92 Å². The summed E-state index contributed by atoms with van der Waals surface area (Å²) in [6.45, 7) is 3.66. The number of hydrogen-bond acceptors (Lipinski definition) is 5. The summed E-state index contributed by atoms with van der Waals surface area (Å²) >= 11 is 0. The Labute approximate surface area is 119 Å². The number of piperidine rings is 1. The predicted octanol–water partition coefficient (Wildman–Crippen LogP) is 0.777. The van der Waals surface area contributed by atoms with Gasteiger partial charge in [-0.3, -0.25) is 0 Å². The van der Waals surface area contributed by atoms with Crippen molar-refractivity contribution in [3.05, 3.63) is 18.2 Å². The zero-order valence-electron chi connectivity index (χ0n) is 11.7. The molecule has 2 rings (SSSR count). The maximum Gasteiger partial charge on any atom is 0.238 e. The van der Waals surface area contributed by atoms with Gasteiger partial charge in [-0.1, -0.05) is 6.92 Å². The van der Waals surface area contributed by atoms with Crippen molar-refractivity contribution < 1.29 is 13.2 Å². The van der Waals surface area contributed by atoms with Crippen LogP contribution in [0.25, 0.3) is 0 Å². The molecule has 112 valence electrons. The molecule has 2 unspecified atom stereocenters. The Hall–Kier alpha value is -1.31. The van der Waals surface area contributed by atoms with Crippen LogP contribution in [0.5, 0.6) is 0 Å². The quantitative estimate of drug-likeness (QED) is 0.804. The van der Waals surface area contributed by atoms with E-state index in [4.69, 9.17) is 15.6 Å². The average molecular weight is 299 g/mol. The zero-order chi connectivity index (χ0) is 14.9. The second-order valence-corrected chi connectivity index (χ2v) is 6.81. The van der Waals surface area contributed by atoms with Crippen molar-refractivity contribution in [3.8, 4) is 0 Å². The lowest BCUT2D eigenvalue weighted by atomic mass is 9.95. The number of methoxy groups -OCH3 is 1. The van der Waals surface area contributed by atoms with Gasteiger partial charge in [0, 0.05) is 20.2 Å². The van der Waals surface area contributed by atoms with Crippen LogP contribution in [0.15, 0.2) is 23.1 Å². The highest BCUT2D eigenvalue weighted by Gasteiger charge is 2.27. The van der Waals surface area contributed by atoms with E-state index >= 15 is 0 Å². The van der Waals surface area contributed by atoms with Gasteiger partial charge in [0.1, 0.15) is 0 Å². The normalized spacial score (nSPS) is 23.9. The molecule has 6 nitrogen and oxygen atoms in total. The Balaban J connectivity index is 2.33. The summed E-state index contributed by atoms with van der Waals surface area (Å²) in [6.07, 6.45) is 1.08. The molecule has 1 fully saturated rings. The largest absolute Gasteiger partial charge is 0.397 e. The van der Waals surface area contributed by atoms with E-state index in [1.54, 1.807) is 13.2 Å². The molecule has 1 aromatic carbocycles. The number of hydrogen-bond donors (Lipinski definition) is 2. The first-order valence-corrected chi connectivity index (χ1v) is 8.07. The van der Waals surface area contributed by atoms with Crippen molar-refractivity contribution in [2.45, 2.75) is 24.3 Å². The van der Waals surface area contributed by atoms with Gasteiger partial charge in [-0.05, 0) is 30.5 Å². The van der Waals surface area contributed by atoms with Gasteiger partial charge in [0.25, 0.3) is 0 Å². The smallest absolute Gasteiger partial charge is 0.238 e. The van der Waals surface area contributed by atoms with Crippen LogP contribution < -0.4 is 15.8 Å². The predicted molar refractivity (Wildman–Crippen MR) is 79.0 cm³/mol. The first-order valence-electron chi connectivity index (χ1n) is 6.53. The third-order valence-corrected chi connectivity index (χ3v) is 4.77. The molecule has 1 aliphatic heterocycles. The number of nitrogens with zero attached hydrogens (tertiary/aromatic N) is 1. The molecule has 0 aromatic heterocycles. The van der Waals surface area contributed by atoms with Gasteiger partial charge in [-0.2, -0.15) is 0 Å². The highest BCUT2D eigenvalue weighted by molar-refractivity contribution is 7.89. The van der Waals surface area contributed by atoms with Crippen LogP contribution >= 0.6 is 0 Å². The van der Waals surface area contributed by atoms with Crippen LogP contribution in [0.4, 0.5) is 11.4 Å².